The molecule has 1 aliphatic rings. The maximum absolute atomic E-state index is 13.4. The number of hydrogen-bond donors (Lipinski definition) is 1. The van der Waals surface area contributed by atoms with Crippen molar-refractivity contribution in [1.82, 2.24) is 15.0 Å². The van der Waals surface area contributed by atoms with Crippen LogP contribution in [0.3, 0.4) is 0 Å². The van der Waals surface area contributed by atoms with Gasteiger partial charge in [-0.2, -0.15) is 17.6 Å². The summed E-state index contributed by atoms with van der Waals surface area (Å²) < 4.78 is 84.5. The Morgan fingerprint density at radius 3 is 2.30 bits per heavy atom. The summed E-state index contributed by atoms with van der Waals surface area (Å²) in [6.07, 6.45) is -8.26. The van der Waals surface area contributed by atoms with Gasteiger partial charge in [0.15, 0.2) is 28.2 Å². The first kappa shape index (κ1) is 20.2. The third-order valence-corrected chi connectivity index (χ3v) is 5.35. The van der Waals surface area contributed by atoms with Gasteiger partial charge in [-0.1, -0.05) is 0 Å². The molecule has 1 aliphatic heterocycles. The number of methoxy groups -OCH3 is 2. The number of halogens is 4. The number of H-pyrrole nitrogens is 1. The van der Waals surface area contributed by atoms with Gasteiger partial charge in [-0.25, -0.2) is 4.98 Å². The van der Waals surface area contributed by atoms with Gasteiger partial charge >= 0.3 is 12.2 Å². The van der Waals surface area contributed by atoms with Crippen LogP contribution in [-0.2, 0) is 16.6 Å². The quantitative estimate of drug-likeness (QED) is 0.600. The lowest BCUT2D eigenvalue weighted by Crippen LogP contribution is -2.52. The number of fused-ring (bicyclic) bond motifs is 2. The zero-order chi connectivity index (χ0) is 21.7. The summed E-state index contributed by atoms with van der Waals surface area (Å²) >= 11 is 0. The molecule has 8 nitrogen and oxygen atoms in total. The van der Waals surface area contributed by atoms with Crippen molar-refractivity contribution in [3.8, 4) is 23.0 Å². The predicted octanol–water partition coefficient (Wildman–Crippen LogP) is 3.24. The lowest BCUT2D eigenvalue weighted by molar-refractivity contribution is -0.391. The average molecular weight is 447 g/mol. The molecule has 0 amide bonds. The summed E-state index contributed by atoms with van der Waals surface area (Å²) in [5.74, 6) is -0.462. The van der Waals surface area contributed by atoms with E-state index in [4.69, 9.17) is 9.47 Å². The van der Waals surface area contributed by atoms with Gasteiger partial charge in [0, 0.05) is 18.2 Å². The summed E-state index contributed by atoms with van der Waals surface area (Å²) in [4.78, 5) is 10.9. The standard InChI is InChI=1S/C17H13F4N3O5S/c1-26-11-3-8(22-6-14(11)27-2)7-30(25)15-23-9-4-12-13(5-10(9)24-15)29-17(20,21)16(18,19)28-12/h3-6H,7H2,1-2H3,(H,23,24). The molecule has 1 aromatic carbocycles. The molecule has 0 saturated carbocycles. The molecule has 1 unspecified atom stereocenters. The van der Waals surface area contributed by atoms with E-state index in [1.54, 1.807) is 6.07 Å². The third kappa shape index (κ3) is 3.38. The largest absolute Gasteiger partial charge is 0.507 e. The molecule has 3 heterocycles. The molecule has 30 heavy (non-hydrogen) atoms. The number of imidazole rings is 1. The number of alkyl halides is 4. The minimum absolute atomic E-state index is 0.0116. The van der Waals surface area contributed by atoms with Crippen molar-refractivity contribution < 1.29 is 40.7 Å². The van der Waals surface area contributed by atoms with E-state index in [1.807, 2.05) is 0 Å². The van der Waals surface area contributed by atoms with E-state index in [0.717, 1.165) is 12.1 Å². The van der Waals surface area contributed by atoms with Crippen LogP contribution in [-0.4, -0.2) is 45.6 Å². The van der Waals surface area contributed by atoms with Crippen LogP contribution in [0, 0.1) is 0 Å². The number of benzene rings is 1. The molecule has 0 bridgehead atoms. The molecule has 0 fully saturated rings. The van der Waals surface area contributed by atoms with E-state index in [2.05, 4.69) is 24.4 Å². The van der Waals surface area contributed by atoms with Crippen LogP contribution in [0.1, 0.15) is 5.69 Å². The van der Waals surface area contributed by atoms with Crippen LogP contribution in [0.25, 0.3) is 11.0 Å². The lowest BCUT2D eigenvalue weighted by atomic mass is 10.2. The molecule has 0 spiro atoms. The average Bonchev–Trinajstić information content (AvgIpc) is 3.09. The number of nitrogens with zero attached hydrogens (tertiary/aromatic N) is 2. The highest BCUT2D eigenvalue weighted by atomic mass is 32.2. The maximum Gasteiger partial charge on any atom is 0.507 e. The van der Waals surface area contributed by atoms with Crippen LogP contribution < -0.4 is 18.9 Å². The fraction of sp³-hybridized carbons (Fsp3) is 0.294. The van der Waals surface area contributed by atoms with Gasteiger partial charge in [0.2, 0.25) is 0 Å². The maximum atomic E-state index is 13.4. The zero-order valence-electron chi connectivity index (χ0n) is 15.4. The minimum atomic E-state index is -4.84. The van der Waals surface area contributed by atoms with Gasteiger partial charge in [-0.15, -0.1) is 0 Å². The number of aromatic amines is 1. The van der Waals surface area contributed by atoms with Gasteiger partial charge < -0.3 is 23.9 Å². The molecular weight excluding hydrogens is 434 g/mol. The number of ether oxygens (including phenoxy) is 4. The molecule has 1 atom stereocenters. The van der Waals surface area contributed by atoms with Crippen molar-refractivity contribution >= 4 is 21.8 Å². The van der Waals surface area contributed by atoms with Crippen molar-refractivity contribution in [2.75, 3.05) is 14.2 Å². The molecule has 2 aromatic heterocycles. The van der Waals surface area contributed by atoms with Crippen molar-refractivity contribution in [2.24, 2.45) is 0 Å². The second-order valence-electron chi connectivity index (χ2n) is 6.12. The summed E-state index contributed by atoms with van der Waals surface area (Å²) in [7, 11) is 1.17. The Morgan fingerprint density at radius 1 is 1.03 bits per heavy atom. The monoisotopic (exact) mass is 447 g/mol. The Bertz CT molecular complexity index is 1100. The topological polar surface area (TPSA) is 95.6 Å². The van der Waals surface area contributed by atoms with Gasteiger partial charge in [0.25, 0.3) is 0 Å². The minimum Gasteiger partial charge on any atom is -0.493 e. The number of nitrogens with one attached hydrogen (secondary N) is 1. The Kier molecular flexibility index (Phi) is 4.71. The van der Waals surface area contributed by atoms with Crippen LogP contribution >= 0.6 is 0 Å². The predicted molar refractivity (Wildman–Crippen MR) is 94.7 cm³/mol. The number of hydrogen-bond acceptors (Lipinski definition) is 7. The SMILES string of the molecule is COc1cnc(CS(=O)c2nc3cc4c(cc3[nH]2)OC(F)(F)C(F)(F)O4)cc1OC. The zero-order valence-corrected chi connectivity index (χ0v) is 16.2. The van der Waals surface area contributed by atoms with Crippen molar-refractivity contribution in [3.05, 3.63) is 30.1 Å². The Balaban J connectivity index is 1.62. The van der Waals surface area contributed by atoms with Gasteiger partial charge in [-0.05, 0) is 0 Å². The van der Waals surface area contributed by atoms with Crippen molar-refractivity contribution in [2.45, 2.75) is 23.1 Å². The number of pyridine rings is 1. The van der Waals surface area contributed by atoms with Crippen LogP contribution in [0.4, 0.5) is 17.6 Å². The van der Waals surface area contributed by atoms with Gasteiger partial charge in [-0.3, -0.25) is 9.19 Å². The molecule has 3 aromatic rings. The smallest absolute Gasteiger partial charge is 0.493 e. The van der Waals surface area contributed by atoms with Crippen LogP contribution in [0.5, 0.6) is 23.0 Å². The molecular formula is C17H13F4N3O5S. The molecule has 0 aliphatic carbocycles. The fourth-order valence-electron chi connectivity index (χ4n) is 2.72. The summed E-state index contributed by atoms with van der Waals surface area (Å²) in [5.41, 5.74) is 0.653. The Hall–Kier alpha value is -3.09. The van der Waals surface area contributed by atoms with Gasteiger partial charge in [0.05, 0.1) is 53.7 Å². The first-order valence-corrected chi connectivity index (χ1v) is 9.58. The molecule has 4 rings (SSSR count). The van der Waals surface area contributed by atoms with Crippen LogP contribution in [0.15, 0.2) is 29.6 Å². The van der Waals surface area contributed by atoms with E-state index in [1.165, 1.54) is 20.4 Å². The first-order chi connectivity index (χ1) is 14.1. The second-order valence-corrected chi connectivity index (χ2v) is 7.48. The number of rotatable bonds is 5. The summed E-state index contributed by atoms with van der Waals surface area (Å²) in [6, 6.07) is 3.57. The highest BCUT2D eigenvalue weighted by molar-refractivity contribution is 7.84. The van der Waals surface area contributed by atoms with Crippen LogP contribution in [0.2, 0.25) is 0 Å². The summed E-state index contributed by atoms with van der Waals surface area (Å²) in [6.45, 7) is 0. The third-order valence-electron chi connectivity index (χ3n) is 4.16. The first-order valence-electron chi connectivity index (χ1n) is 8.26. The van der Waals surface area contributed by atoms with E-state index < -0.39 is 34.5 Å². The fourth-order valence-corrected chi connectivity index (χ4v) is 3.70. The van der Waals surface area contributed by atoms with E-state index >= 15 is 0 Å². The van der Waals surface area contributed by atoms with E-state index in [-0.39, 0.29) is 21.9 Å². The number of aromatic nitrogens is 3. The normalized spacial score (nSPS) is 17.5. The molecule has 13 heteroatoms. The lowest BCUT2D eigenvalue weighted by Gasteiger charge is -2.31. The highest BCUT2D eigenvalue weighted by Crippen LogP contribution is 2.47. The van der Waals surface area contributed by atoms with E-state index in [0.29, 0.717) is 17.2 Å². The molecule has 1 N–H and O–H groups in total. The highest BCUT2D eigenvalue weighted by Gasteiger charge is 2.66. The van der Waals surface area contributed by atoms with Crippen molar-refractivity contribution in [3.63, 3.8) is 0 Å². The van der Waals surface area contributed by atoms with Crippen molar-refractivity contribution in [1.29, 1.82) is 0 Å². The Morgan fingerprint density at radius 2 is 1.67 bits per heavy atom. The molecule has 160 valence electrons. The van der Waals surface area contributed by atoms with E-state index in [9.17, 15) is 21.8 Å². The molecule has 0 saturated heterocycles. The summed E-state index contributed by atoms with van der Waals surface area (Å²) in [5, 5.41) is -0.0116. The van der Waals surface area contributed by atoms with Gasteiger partial charge in [0.1, 0.15) is 0 Å². The second kappa shape index (κ2) is 7.00. The molecule has 0 radical (unpaired) electrons. The Labute approximate surface area is 168 Å².